The Bertz CT molecular complexity index is 402. The van der Waals surface area contributed by atoms with Crippen molar-refractivity contribution in [3.05, 3.63) is 10.3 Å². The third-order valence-electron chi connectivity index (χ3n) is 2.61. The lowest BCUT2D eigenvalue weighted by Gasteiger charge is -2.28. The Kier molecular flexibility index (Phi) is 5.77. The van der Waals surface area contributed by atoms with Crippen molar-refractivity contribution in [2.24, 2.45) is 0 Å². The molecule has 0 unspecified atom stereocenters. The summed E-state index contributed by atoms with van der Waals surface area (Å²) in [5.74, 6) is 0.740. The highest BCUT2D eigenvalue weighted by Gasteiger charge is 2.21. The van der Waals surface area contributed by atoms with E-state index in [0.717, 1.165) is 25.3 Å². The fourth-order valence-corrected chi connectivity index (χ4v) is 2.26. The lowest BCUT2D eigenvalue weighted by Crippen LogP contribution is -2.38. The molecule has 102 valence electrons. The summed E-state index contributed by atoms with van der Waals surface area (Å²) < 4.78 is 12.7. The van der Waals surface area contributed by atoms with Crippen LogP contribution in [0.4, 0.5) is 5.95 Å². The Morgan fingerprint density at radius 2 is 2.17 bits per heavy atom. The molecule has 6 nitrogen and oxygen atoms in total. The fourth-order valence-electron chi connectivity index (χ4n) is 1.80. The number of aromatic nitrogens is 2. The maximum atomic E-state index is 11.0. The average Bonchev–Trinajstić information content (AvgIpc) is 2.67. The molecule has 0 spiro atoms. The zero-order chi connectivity index (χ0) is 12.3. The van der Waals surface area contributed by atoms with E-state index in [1.165, 1.54) is 0 Å². The third-order valence-corrected chi connectivity index (χ3v) is 3.19. The lowest BCUT2D eigenvalue weighted by atomic mass is 10.4. The van der Waals surface area contributed by atoms with Gasteiger partial charge < -0.3 is 14.4 Å². The lowest BCUT2D eigenvalue weighted by molar-refractivity contribution is 0.105. The molecule has 7 heteroatoms. The van der Waals surface area contributed by atoms with Gasteiger partial charge in [0, 0.05) is 20.2 Å². The monoisotopic (exact) mass is 319 g/mol. The molecule has 0 atom stereocenters. The summed E-state index contributed by atoms with van der Waals surface area (Å²) >= 11 is 3.29. The van der Waals surface area contributed by atoms with Gasteiger partial charge in [-0.25, -0.2) is 4.98 Å². The summed E-state index contributed by atoms with van der Waals surface area (Å²) in [7, 11) is 1.59. The number of carbonyl (C=O) groups is 1. The third kappa shape index (κ3) is 2.90. The Morgan fingerprint density at radius 3 is 2.72 bits per heavy atom. The van der Waals surface area contributed by atoms with Gasteiger partial charge in [-0.2, -0.15) is 0 Å². The van der Waals surface area contributed by atoms with Crippen LogP contribution in [0.5, 0.6) is 0 Å². The van der Waals surface area contributed by atoms with Crippen LogP contribution >= 0.6 is 15.9 Å². The molecule has 1 aliphatic heterocycles. The van der Waals surface area contributed by atoms with Crippen LogP contribution in [-0.4, -0.2) is 49.3 Å². The number of nitrogens with zero attached hydrogens (tertiary/aromatic N) is 3. The van der Waals surface area contributed by atoms with Crippen LogP contribution in [0, 0.1) is 0 Å². The van der Waals surface area contributed by atoms with E-state index in [1.807, 2.05) is 0 Å². The molecule has 0 N–H and O–H groups in total. The molecule has 1 aromatic heterocycles. The van der Waals surface area contributed by atoms with E-state index in [4.69, 9.17) is 9.47 Å². The molecule has 2 rings (SSSR count). The van der Waals surface area contributed by atoms with Crippen molar-refractivity contribution in [2.45, 2.75) is 14.2 Å². The summed E-state index contributed by atoms with van der Waals surface area (Å²) in [6.45, 7) is 3.19. The molecule has 0 aromatic carbocycles. The minimum Gasteiger partial charge on any atom is -0.378 e. The van der Waals surface area contributed by atoms with Crippen LogP contribution in [0.15, 0.2) is 4.60 Å². The fraction of sp³-hybridized carbons (Fsp3) is 0.636. The predicted molar refractivity (Wildman–Crippen MR) is 72.1 cm³/mol. The zero-order valence-electron chi connectivity index (χ0n) is 9.56. The van der Waals surface area contributed by atoms with Gasteiger partial charge in [0.25, 0.3) is 0 Å². The Morgan fingerprint density at radius 1 is 1.50 bits per heavy atom. The van der Waals surface area contributed by atoms with E-state index in [-0.39, 0.29) is 7.43 Å². The molecule has 0 bridgehead atoms. The normalized spacial score (nSPS) is 15.3. The minimum atomic E-state index is 0. The van der Waals surface area contributed by atoms with E-state index in [1.54, 1.807) is 11.7 Å². The van der Waals surface area contributed by atoms with E-state index in [2.05, 4.69) is 25.8 Å². The second kappa shape index (κ2) is 6.86. The number of hydrogen-bond acceptors (Lipinski definition) is 5. The van der Waals surface area contributed by atoms with Crippen LogP contribution in [-0.2, 0) is 16.2 Å². The molecule has 0 amide bonds. The van der Waals surface area contributed by atoms with E-state index in [9.17, 15) is 4.79 Å². The zero-order valence-corrected chi connectivity index (χ0v) is 11.1. The average molecular weight is 320 g/mol. The van der Waals surface area contributed by atoms with E-state index < -0.39 is 0 Å². The van der Waals surface area contributed by atoms with Gasteiger partial charge >= 0.3 is 0 Å². The number of anilines is 1. The Hall–Kier alpha value is -0.920. The van der Waals surface area contributed by atoms with Crippen LogP contribution in [0.2, 0.25) is 0 Å². The molecule has 18 heavy (non-hydrogen) atoms. The van der Waals surface area contributed by atoms with E-state index >= 15 is 0 Å². The summed E-state index contributed by atoms with van der Waals surface area (Å²) in [5.41, 5.74) is 0.494. The maximum Gasteiger partial charge on any atom is 0.209 e. The van der Waals surface area contributed by atoms with Crippen LogP contribution in [0.1, 0.15) is 17.9 Å². The smallest absolute Gasteiger partial charge is 0.209 e. The largest absolute Gasteiger partial charge is 0.378 e. The number of hydrogen-bond donors (Lipinski definition) is 0. The molecule has 1 fully saturated rings. The maximum absolute atomic E-state index is 11.0. The molecule has 0 aliphatic carbocycles. The van der Waals surface area contributed by atoms with Crippen molar-refractivity contribution >= 4 is 28.2 Å². The molecule has 1 aliphatic rings. The van der Waals surface area contributed by atoms with Crippen molar-refractivity contribution in [1.82, 2.24) is 9.55 Å². The molecular formula is C11H18BrN3O3. The Balaban J connectivity index is 0.00000162. The first-order chi connectivity index (χ1) is 8.27. The first-order valence-electron chi connectivity index (χ1n) is 5.30. The van der Waals surface area contributed by atoms with Gasteiger partial charge in [0.05, 0.1) is 13.2 Å². The number of halogens is 1. The Labute approximate surface area is 115 Å². The first-order valence-corrected chi connectivity index (χ1v) is 6.10. The van der Waals surface area contributed by atoms with Gasteiger partial charge in [0.15, 0.2) is 6.29 Å². The SMILES string of the molecule is C.COCn1c(N2CCOCC2)nc(Br)c1C=O. The van der Waals surface area contributed by atoms with Crippen molar-refractivity contribution in [3.63, 3.8) is 0 Å². The molecule has 1 saturated heterocycles. The second-order valence-corrected chi connectivity index (χ2v) is 4.40. The predicted octanol–water partition coefficient (Wildman–Crippen LogP) is 1.53. The van der Waals surface area contributed by atoms with Crippen molar-refractivity contribution in [1.29, 1.82) is 0 Å². The highest BCUT2D eigenvalue weighted by atomic mass is 79.9. The van der Waals surface area contributed by atoms with Crippen molar-refractivity contribution < 1.29 is 14.3 Å². The summed E-state index contributed by atoms with van der Waals surface area (Å²) in [5, 5.41) is 0. The van der Waals surface area contributed by atoms with Crippen LogP contribution in [0.3, 0.4) is 0 Å². The number of carbonyl (C=O) groups excluding carboxylic acids is 1. The standard InChI is InChI=1S/C10H14BrN3O3.CH4/c1-16-7-14-8(6-15)9(11)12-10(14)13-2-4-17-5-3-13;/h6H,2-5,7H2,1H3;1H4. The summed E-state index contributed by atoms with van der Waals surface area (Å²) in [6.07, 6.45) is 0.778. The van der Waals surface area contributed by atoms with Crippen molar-refractivity contribution in [2.75, 3.05) is 38.3 Å². The van der Waals surface area contributed by atoms with Gasteiger partial charge in [-0.1, -0.05) is 7.43 Å². The van der Waals surface area contributed by atoms with Gasteiger partial charge in [-0.15, -0.1) is 0 Å². The van der Waals surface area contributed by atoms with E-state index in [0.29, 0.717) is 30.2 Å². The van der Waals surface area contributed by atoms with Gasteiger partial charge in [-0.3, -0.25) is 9.36 Å². The topological polar surface area (TPSA) is 56.6 Å². The minimum absolute atomic E-state index is 0. The molecule has 0 saturated carbocycles. The number of ether oxygens (including phenoxy) is 2. The number of methoxy groups -OCH3 is 1. The number of morpholine rings is 1. The van der Waals surface area contributed by atoms with Crippen LogP contribution < -0.4 is 4.90 Å². The highest BCUT2D eigenvalue weighted by molar-refractivity contribution is 9.10. The summed E-state index contributed by atoms with van der Waals surface area (Å²) in [4.78, 5) is 17.5. The number of rotatable bonds is 4. The van der Waals surface area contributed by atoms with Crippen LogP contribution in [0.25, 0.3) is 0 Å². The van der Waals surface area contributed by atoms with Gasteiger partial charge in [0.1, 0.15) is 17.0 Å². The molecule has 2 heterocycles. The number of imidazole rings is 1. The van der Waals surface area contributed by atoms with Gasteiger partial charge in [0.2, 0.25) is 5.95 Å². The number of aldehydes is 1. The van der Waals surface area contributed by atoms with Crippen molar-refractivity contribution in [3.8, 4) is 0 Å². The highest BCUT2D eigenvalue weighted by Crippen LogP contribution is 2.23. The second-order valence-electron chi connectivity index (χ2n) is 3.65. The first kappa shape index (κ1) is 15.1. The molecule has 0 radical (unpaired) electrons. The van der Waals surface area contributed by atoms with Gasteiger partial charge in [-0.05, 0) is 15.9 Å². The quantitative estimate of drug-likeness (QED) is 0.788. The summed E-state index contributed by atoms with van der Waals surface area (Å²) in [6, 6.07) is 0. The molecule has 1 aromatic rings. The molecular weight excluding hydrogens is 302 g/mol.